The number of carbonyl (C=O) groups excluding carboxylic acids is 2. The van der Waals surface area contributed by atoms with Crippen molar-refractivity contribution in [3.8, 4) is 0 Å². The summed E-state index contributed by atoms with van der Waals surface area (Å²) >= 11 is 1.16. The maximum Gasteiger partial charge on any atom is 0.305 e. The molecule has 1 aromatic heterocycles. The molecule has 0 saturated carbocycles. The number of likely N-dealkylation sites (N-methyl/N-ethyl adjacent to an activating group) is 1. The van der Waals surface area contributed by atoms with E-state index in [-0.39, 0.29) is 17.4 Å². The van der Waals surface area contributed by atoms with E-state index in [1.54, 1.807) is 11.0 Å². The molecule has 0 unspecified atom stereocenters. The first-order valence-electron chi connectivity index (χ1n) is 9.29. The van der Waals surface area contributed by atoms with Crippen LogP contribution in [0.25, 0.3) is 0 Å². The van der Waals surface area contributed by atoms with Gasteiger partial charge >= 0.3 is 5.88 Å². The topological polar surface area (TPSA) is 82.6 Å². The van der Waals surface area contributed by atoms with Crippen LogP contribution in [0.5, 0.6) is 0 Å². The molecule has 3 rings (SSSR count). The lowest BCUT2D eigenvalue weighted by atomic mass is 10.0. The van der Waals surface area contributed by atoms with Crippen molar-refractivity contribution in [1.82, 2.24) is 10.2 Å². The Labute approximate surface area is 168 Å². The van der Waals surface area contributed by atoms with Crippen LogP contribution < -0.4 is 15.1 Å². The first-order chi connectivity index (χ1) is 13.4. The number of benzene rings is 1. The molecule has 1 aromatic carbocycles. The first-order valence-corrected chi connectivity index (χ1v) is 10.3. The molecule has 1 saturated heterocycles. The highest BCUT2D eigenvalue weighted by molar-refractivity contribution is 8.14. The monoisotopic (exact) mass is 404 g/mol. The molecule has 0 bridgehead atoms. The molecule has 9 heteroatoms. The van der Waals surface area contributed by atoms with Gasteiger partial charge in [0, 0.05) is 30.8 Å². The molecule has 1 aliphatic rings. The van der Waals surface area contributed by atoms with Gasteiger partial charge in [-0.3, -0.25) is 19.4 Å². The molecule has 0 spiro atoms. The average molecular weight is 405 g/mol. The van der Waals surface area contributed by atoms with Gasteiger partial charge < -0.3 is 4.90 Å². The van der Waals surface area contributed by atoms with Crippen LogP contribution in [0.2, 0.25) is 0 Å². The molecule has 150 valence electrons. The highest BCUT2D eigenvalue weighted by Crippen LogP contribution is 2.20. The van der Waals surface area contributed by atoms with Gasteiger partial charge in [0.2, 0.25) is 16.3 Å². The zero-order valence-corrected chi connectivity index (χ0v) is 17.3. The minimum Gasteiger partial charge on any atom is -0.302 e. The maximum absolute atomic E-state index is 12.4. The lowest BCUT2D eigenvalue weighted by Gasteiger charge is -2.26. The van der Waals surface area contributed by atoms with Crippen molar-refractivity contribution in [2.75, 3.05) is 49.3 Å². The zero-order chi connectivity index (χ0) is 20.1. The van der Waals surface area contributed by atoms with Crippen molar-refractivity contribution in [2.24, 2.45) is 0 Å². The van der Waals surface area contributed by atoms with E-state index in [9.17, 15) is 9.59 Å². The molecule has 28 heavy (non-hydrogen) atoms. The Hall–Kier alpha value is -2.39. The Bertz CT molecular complexity index is 826. The Morgan fingerprint density at radius 2 is 1.89 bits per heavy atom. The van der Waals surface area contributed by atoms with Crippen molar-refractivity contribution < 1.29 is 18.9 Å². The lowest BCUT2D eigenvalue weighted by Crippen LogP contribution is -2.64. The molecule has 1 N–H and O–H groups in total. The first kappa shape index (κ1) is 20.3. The minimum absolute atomic E-state index is 0.00373. The second-order valence-corrected chi connectivity index (χ2v) is 8.01. The summed E-state index contributed by atoms with van der Waals surface area (Å²) in [5.41, 5.74) is 2.64. The number of aryl methyl sites for hydroxylation is 2. The number of nitrogens with one attached hydrogen (secondary N) is 1. The number of thioether (sulfide) groups is 1. The number of nitrogens with zero attached hydrogens (tertiary/aromatic N) is 4. The van der Waals surface area contributed by atoms with Crippen molar-refractivity contribution in [1.29, 1.82) is 0 Å². The van der Waals surface area contributed by atoms with Crippen molar-refractivity contribution in [3.05, 3.63) is 41.1 Å². The number of hydrogen-bond donors (Lipinski definition) is 1. The molecular formula is C19H26N5O3S+. The molecular weight excluding hydrogens is 378 g/mol. The van der Waals surface area contributed by atoms with E-state index in [0.29, 0.717) is 11.6 Å². The quantitative estimate of drug-likeness (QED) is 0.728. The van der Waals surface area contributed by atoms with Gasteiger partial charge in [-0.15, -0.1) is 0 Å². The minimum atomic E-state index is -0.205. The van der Waals surface area contributed by atoms with Crippen LogP contribution in [0.1, 0.15) is 27.9 Å². The molecule has 0 radical (unpaired) electrons. The highest BCUT2D eigenvalue weighted by atomic mass is 32.2. The molecule has 2 heterocycles. The van der Waals surface area contributed by atoms with Crippen LogP contribution in [0.3, 0.4) is 0 Å². The van der Waals surface area contributed by atoms with Crippen LogP contribution in [0.15, 0.2) is 28.9 Å². The molecule has 1 fully saturated rings. The fourth-order valence-corrected chi connectivity index (χ4v) is 4.01. The third-order valence-corrected chi connectivity index (χ3v) is 5.61. The highest BCUT2D eigenvalue weighted by Gasteiger charge is 2.25. The van der Waals surface area contributed by atoms with Gasteiger partial charge in [0.05, 0.1) is 17.9 Å². The summed E-state index contributed by atoms with van der Waals surface area (Å²) in [5.74, 6) is 0.504. The number of carbonyl (C=O) groups is 2. The van der Waals surface area contributed by atoms with E-state index in [1.165, 1.54) is 0 Å². The molecule has 8 nitrogen and oxygen atoms in total. The van der Waals surface area contributed by atoms with E-state index >= 15 is 0 Å². The van der Waals surface area contributed by atoms with E-state index in [0.717, 1.165) is 54.6 Å². The van der Waals surface area contributed by atoms with Gasteiger partial charge in [-0.1, -0.05) is 30.0 Å². The summed E-state index contributed by atoms with van der Waals surface area (Å²) in [6.07, 6.45) is 1.88. The number of piperazine rings is 1. The number of aromatic nitrogens is 2. The summed E-state index contributed by atoms with van der Waals surface area (Å²) in [4.78, 5) is 28.4. The Morgan fingerprint density at radius 3 is 2.57 bits per heavy atom. The summed E-state index contributed by atoms with van der Waals surface area (Å²) in [7, 11) is 2.08. The summed E-state index contributed by atoms with van der Waals surface area (Å²) < 4.78 is 5.20. The van der Waals surface area contributed by atoms with E-state index in [4.69, 9.17) is 4.52 Å². The molecule has 1 aliphatic heterocycles. The summed E-state index contributed by atoms with van der Waals surface area (Å²) in [6.45, 7) is 7.44. The van der Waals surface area contributed by atoms with Gasteiger partial charge in [-0.25, -0.2) is 0 Å². The third kappa shape index (κ3) is 5.11. The van der Waals surface area contributed by atoms with Crippen LogP contribution in [-0.4, -0.2) is 60.2 Å². The van der Waals surface area contributed by atoms with E-state index in [2.05, 4.69) is 27.5 Å². The van der Waals surface area contributed by atoms with Crippen molar-refractivity contribution in [2.45, 2.75) is 20.3 Å². The zero-order valence-electron chi connectivity index (χ0n) is 16.5. The molecule has 2 aromatic rings. The number of hydrogen-bond acceptors (Lipinski definition) is 7. The number of amides is 1. The van der Waals surface area contributed by atoms with Crippen LogP contribution in [0.4, 0.5) is 5.88 Å². The maximum atomic E-state index is 12.4. The van der Waals surface area contributed by atoms with E-state index < -0.39 is 0 Å². The van der Waals surface area contributed by atoms with Crippen molar-refractivity contribution in [3.63, 3.8) is 0 Å². The van der Waals surface area contributed by atoms with Gasteiger partial charge in [0.15, 0.2) is 0 Å². The predicted octanol–water partition coefficient (Wildman–Crippen LogP) is 1.36. The second kappa shape index (κ2) is 9.20. The summed E-state index contributed by atoms with van der Waals surface area (Å²) in [6, 6.07) is 5.78. The van der Waals surface area contributed by atoms with E-state index in [1.807, 2.05) is 32.0 Å². The summed E-state index contributed by atoms with van der Waals surface area (Å²) in [5, 5.41) is 8.71. The second-order valence-electron chi connectivity index (χ2n) is 6.94. The fraction of sp³-hybridized carbons (Fsp3) is 0.474. The number of rotatable bonds is 6. The van der Waals surface area contributed by atoms with Crippen molar-refractivity contribution >= 4 is 28.7 Å². The van der Waals surface area contributed by atoms with Crippen LogP contribution >= 0.6 is 11.8 Å². The Balaban J connectivity index is 1.45. The smallest absolute Gasteiger partial charge is 0.302 e. The van der Waals surface area contributed by atoms with Gasteiger partial charge in [-0.2, -0.15) is 5.01 Å². The average Bonchev–Trinajstić information content (AvgIpc) is 3.10. The molecule has 1 amide bonds. The number of anilines is 1. The Morgan fingerprint density at radius 1 is 1.21 bits per heavy atom. The molecule has 0 aliphatic carbocycles. The fourth-order valence-electron chi connectivity index (χ4n) is 3.07. The largest absolute Gasteiger partial charge is 0.305 e. The van der Waals surface area contributed by atoms with Crippen LogP contribution in [-0.2, 0) is 4.79 Å². The Kier molecular flexibility index (Phi) is 6.69. The van der Waals surface area contributed by atoms with Gasteiger partial charge in [0.25, 0.3) is 6.20 Å². The SMILES string of the molecule is Cc1cccc(C)c1C(=O)SCCC(=O)Nc1c[n+](N2CCN(C)CC2)no1. The van der Waals surface area contributed by atoms with Gasteiger partial charge in [0.1, 0.15) is 0 Å². The molecule has 0 atom stereocenters. The normalized spacial score (nSPS) is 14.9. The lowest BCUT2D eigenvalue weighted by molar-refractivity contribution is -0.759. The van der Waals surface area contributed by atoms with Crippen LogP contribution in [0, 0.1) is 13.8 Å². The van der Waals surface area contributed by atoms with Gasteiger partial charge in [-0.05, 0) is 32.0 Å². The predicted molar refractivity (Wildman–Crippen MR) is 108 cm³/mol. The standard InChI is InChI=1S/C19H25N5O3S/c1-14-5-4-6-15(2)18(14)19(26)28-12-7-16(25)20-17-13-24(21-27-17)23-10-8-22(3)9-11-23/h4-6,13H,7-12H2,1-3H3/p+1. The third-order valence-electron chi connectivity index (χ3n) is 4.74.